The Balaban J connectivity index is 1.55. The quantitative estimate of drug-likeness (QED) is 0.570. The van der Waals surface area contributed by atoms with Gasteiger partial charge in [0.05, 0.1) is 17.4 Å². The number of ether oxygens (including phenoxy) is 1. The van der Waals surface area contributed by atoms with Crippen LogP contribution in [0, 0.1) is 5.82 Å². The van der Waals surface area contributed by atoms with Gasteiger partial charge >= 0.3 is 0 Å². The molecular weight excluding hydrogens is 369 g/mol. The van der Waals surface area contributed by atoms with Crippen LogP contribution < -0.4 is 15.4 Å². The van der Waals surface area contributed by atoms with Crippen molar-refractivity contribution < 1.29 is 13.9 Å². The molecule has 2 aromatic carbocycles. The number of amides is 1. The number of hydrogen-bond acceptors (Lipinski definition) is 4. The first-order chi connectivity index (χ1) is 14.0. The minimum atomic E-state index is -0.244. The first kappa shape index (κ1) is 20.3. The van der Waals surface area contributed by atoms with E-state index in [1.807, 2.05) is 26.0 Å². The molecule has 6 heteroatoms. The van der Waals surface area contributed by atoms with Crippen LogP contribution in [0.5, 0.6) is 5.75 Å². The molecule has 1 amide bonds. The van der Waals surface area contributed by atoms with Gasteiger partial charge in [-0.15, -0.1) is 0 Å². The Kier molecular flexibility index (Phi) is 6.79. The zero-order valence-electron chi connectivity index (χ0n) is 16.5. The standard InChI is InChI=1S/C23H24FN3O2/c1-16(2)29-22-9-7-20(8-10-22)27-23(28)18-13-21(15-25-14-18)26-12-11-17-3-5-19(24)6-4-17/h3-10,13-16,26H,11-12H2,1-2H3,(H,27,28). The summed E-state index contributed by atoms with van der Waals surface area (Å²) in [4.78, 5) is 16.6. The van der Waals surface area contributed by atoms with Gasteiger partial charge in [0.2, 0.25) is 0 Å². The van der Waals surface area contributed by atoms with Gasteiger partial charge < -0.3 is 15.4 Å². The molecule has 2 N–H and O–H groups in total. The molecule has 0 bridgehead atoms. The summed E-state index contributed by atoms with van der Waals surface area (Å²) in [5.41, 5.74) is 2.92. The number of nitrogens with zero attached hydrogens (tertiary/aromatic N) is 1. The van der Waals surface area contributed by atoms with Crippen LogP contribution >= 0.6 is 0 Å². The maximum absolute atomic E-state index is 13.0. The lowest BCUT2D eigenvalue weighted by atomic mass is 10.1. The van der Waals surface area contributed by atoms with Crippen molar-refractivity contribution in [1.82, 2.24) is 4.98 Å². The Bertz CT molecular complexity index is 941. The van der Waals surface area contributed by atoms with Crippen molar-refractivity contribution in [2.75, 3.05) is 17.2 Å². The molecule has 0 saturated heterocycles. The number of carbonyl (C=O) groups is 1. The van der Waals surface area contributed by atoms with Crippen LogP contribution in [0.1, 0.15) is 29.8 Å². The highest BCUT2D eigenvalue weighted by molar-refractivity contribution is 6.04. The van der Waals surface area contributed by atoms with Gasteiger partial charge in [0, 0.05) is 24.6 Å². The number of halogens is 1. The van der Waals surface area contributed by atoms with E-state index in [9.17, 15) is 9.18 Å². The number of aromatic nitrogens is 1. The average Bonchev–Trinajstić information content (AvgIpc) is 2.71. The van der Waals surface area contributed by atoms with Gasteiger partial charge in [-0.25, -0.2) is 4.39 Å². The van der Waals surface area contributed by atoms with Gasteiger partial charge in [-0.05, 0) is 68.3 Å². The van der Waals surface area contributed by atoms with E-state index in [0.29, 0.717) is 17.8 Å². The third-order valence-corrected chi connectivity index (χ3v) is 4.14. The fourth-order valence-corrected chi connectivity index (χ4v) is 2.76. The first-order valence-corrected chi connectivity index (χ1v) is 9.51. The summed E-state index contributed by atoms with van der Waals surface area (Å²) in [5, 5.41) is 6.10. The molecule has 0 atom stereocenters. The fraction of sp³-hybridized carbons (Fsp3) is 0.217. The first-order valence-electron chi connectivity index (χ1n) is 9.51. The highest BCUT2D eigenvalue weighted by Gasteiger charge is 2.08. The topological polar surface area (TPSA) is 63.2 Å². The van der Waals surface area contributed by atoms with E-state index >= 15 is 0 Å². The fourth-order valence-electron chi connectivity index (χ4n) is 2.76. The van der Waals surface area contributed by atoms with Crippen LogP contribution in [0.15, 0.2) is 67.0 Å². The number of hydrogen-bond donors (Lipinski definition) is 2. The monoisotopic (exact) mass is 393 g/mol. The molecule has 29 heavy (non-hydrogen) atoms. The summed E-state index contributed by atoms with van der Waals surface area (Å²) in [5.74, 6) is 0.274. The molecule has 0 radical (unpaired) electrons. The van der Waals surface area contributed by atoms with Crippen molar-refractivity contribution in [3.8, 4) is 5.75 Å². The Morgan fingerprint density at radius 3 is 2.45 bits per heavy atom. The van der Waals surface area contributed by atoms with Crippen LogP contribution in [0.3, 0.4) is 0 Å². The summed E-state index contributed by atoms with van der Waals surface area (Å²) in [7, 11) is 0. The molecule has 0 fully saturated rings. The van der Waals surface area contributed by atoms with Crippen molar-refractivity contribution in [2.45, 2.75) is 26.4 Å². The molecule has 3 rings (SSSR count). The van der Waals surface area contributed by atoms with Crippen LogP contribution in [-0.2, 0) is 6.42 Å². The highest BCUT2D eigenvalue weighted by Crippen LogP contribution is 2.18. The SMILES string of the molecule is CC(C)Oc1ccc(NC(=O)c2cncc(NCCc3ccc(F)cc3)c2)cc1. The van der Waals surface area contributed by atoms with Crippen molar-refractivity contribution in [3.63, 3.8) is 0 Å². The molecule has 3 aromatic rings. The molecule has 0 spiro atoms. The van der Waals surface area contributed by atoms with Crippen LogP contribution in [0.4, 0.5) is 15.8 Å². The molecule has 1 heterocycles. The van der Waals surface area contributed by atoms with Crippen molar-refractivity contribution in [1.29, 1.82) is 0 Å². The Morgan fingerprint density at radius 1 is 1.03 bits per heavy atom. The summed E-state index contributed by atoms with van der Waals surface area (Å²) >= 11 is 0. The minimum absolute atomic E-state index is 0.0970. The van der Waals surface area contributed by atoms with Gasteiger partial charge in [0.25, 0.3) is 5.91 Å². The molecule has 0 aliphatic carbocycles. The molecule has 5 nitrogen and oxygen atoms in total. The molecule has 0 aliphatic rings. The number of pyridine rings is 1. The largest absolute Gasteiger partial charge is 0.491 e. The molecule has 1 aromatic heterocycles. The Hall–Kier alpha value is -3.41. The van der Waals surface area contributed by atoms with Gasteiger partial charge in [-0.3, -0.25) is 9.78 Å². The smallest absolute Gasteiger partial charge is 0.257 e. The Labute approximate surface area is 169 Å². The Morgan fingerprint density at radius 2 is 1.76 bits per heavy atom. The van der Waals surface area contributed by atoms with Gasteiger partial charge in [-0.1, -0.05) is 12.1 Å². The van der Waals surface area contributed by atoms with E-state index in [0.717, 1.165) is 23.4 Å². The third-order valence-electron chi connectivity index (χ3n) is 4.14. The summed E-state index contributed by atoms with van der Waals surface area (Å²) in [6.07, 6.45) is 4.03. The van der Waals surface area contributed by atoms with Gasteiger partial charge in [0.15, 0.2) is 0 Å². The van der Waals surface area contributed by atoms with Crippen molar-refractivity contribution >= 4 is 17.3 Å². The van der Waals surface area contributed by atoms with Crippen molar-refractivity contribution in [2.24, 2.45) is 0 Å². The number of benzene rings is 2. The third kappa shape index (κ3) is 6.31. The second kappa shape index (κ2) is 9.68. The molecular formula is C23H24FN3O2. The summed E-state index contributed by atoms with van der Waals surface area (Å²) in [6.45, 7) is 4.57. The predicted molar refractivity (Wildman–Crippen MR) is 113 cm³/mol. The minimum Gasteiger partial charge on any atom is -0.491 e. The maximum atomic E-state index is 13.0. The van der Waals surface area contributed by atoms with E-state index in [2.05, 4.69) is 15.6 Å². The number of rotatable bonds is 8. The lowest BCUT2D eigenvalue weighted by Crippen LogP contribution is -2.13. The van der Waals surface area contributed by atoms with Crippen LogP contribution in [0.25, 0.3) is 0 Å². The molecule has 0 unspecified atom stereocenters. The zero-order chi connectivity index (χ0) is 20.6. The normalized spacial score (nSPS) is 10.6. The maximum Gasteiger partial charge on any atom is 0.257 e. The second-order valence-electron chi connectivity index (χ2n) is 6.91. The highest BCUT2D eigenvalue weighted by atomic mass is 19.1. The van der Waals surface area contributed by atoms with E-state index in [4.69, 9.17) is 4.74 Å². The van der Waals surface area contributed by atoms with E-state index < -0.39 is 0 Å². The number of carbonyl (C=O) groups excluding carboxylic acids is 1. The molecule has 150 valence electrons. The average molecular weight is 393 g/mol. The molecule has 0 saturated carbocycles. The van der Waals surface area contributed by atoms with Crippen LogP contribution in [0.2, 0.25) is 0 Å². The lowest BCUT2D eigenvalue weighted by molar-refractivity contribution is 0.102. The van der Waals surface area contributed by atoms with Crippen molar-refractivity contribution in [3.05, 3.63) is 83.9 Å². The number of nitrogens with one attached hydrogen (secondary N) is 2. The summed E-state index contributed by atoms with van der Waals surface area (Å²) < 4.78 is 18.6. The number of anilines is 2. The summed E-state index contributed by atoms with van der Waals surface area (Å²) in [6, 6.07) is 15.4. The lowest BCUT2D eigenvalue weighted by Gasteiger charge is -2.11. The predicted octanol–water partition coefficient (Wildman–Crippen LogP) is 4.91. The second-order valence-corrected chi connectivity index (χ2v) is 6.91. The van der Waals surface area contributed by atoms with E-state index in [-0.39, 0.29) is 17.8 Å². The van der Waals surface area contributed by atoms with Crippen LogP contribution in [-0.4, -0.2) is 23.5 Å². The van der Waals surface area contributed by atoms with Gasteiger partial charge in [0.1, 0.15) is 11.6 Å². The zero-order valence-corrected chi connectivity index (χ0v) is 16.5. The van der Waals surface area contributed by atoms with E-state index in [1.54, 1.807) is 36.5 Å². The molecule has 0 aliphatic heterocycles. The van der Waals surface area contributed by atoms with Gasteiger partial charge in [-0.2, -0.15) is 0 Å². The van der Waals surface area contributed by atoms with E-state index in [1.165, 1.54) is 18.3 Å².